The highest BCUT2D eigenvalue weighted by atomic mass is 32.2. The van der Waals surface area contributed by atoms with Gasteiger partial charge in [-0.25, -0.2) is 9.78 Å². The van der Waals surface area contributed by atoms with E-state index in [1.807, 2.05) is 20.8 Å². The molecule has 0 saturated carbocycles. The minimum Gasteiger partial charge on any atom is -0.497 e. The number of aryl methyl sites for hydroxylation is 1. The Balaban J connectivity index is 0.00000170. The summed E-state index contributed by atoms with van der Waals surface area (Å²) in [5, 5.41) is 27.7. The van der Waals surface area contributed by atoms with E-state index < -0.39 is 18.0 Å². The van der Waals surface area contributed by atoms with Gasteiger partial charge in [-0.1, -0.05) is 23.9 Å². The highest BCUT2D eigenvalue weighted by molar-refractivity contribution is 7.99. The van der Waals surface area contributed by atoms with Gasteiger partial charge in [0.05, 0.1) is 36.0 Å². The first-order valence-electron chi connectivity index (χ1n) is 12.3. The third-order valence-corrected chi connectivity index (χ3v) is 6.90. The Hall–Kier alpha value is -3.99. The molecule has 0 amide bonds. The molecule has 1 unspecified atom stereocenters. The Bertz CT molecular complexity index is 1350. The average molecular weight is 551 g/mol. The van der Waals surface area contributed by atoms with Gasteiger partial charge < -0.3 is 25.1 Å². The molecule has 0 spiro atoms. The van der Waals surface area contributed by atoms with Crippen molar-refractivity contribution in [1.29, 1.82) is 10.5 Å². The van der Waals surface area contributed by atoms with Crippen LogP contribution in [0.25, 0.3) is 0 Å². The van der Waals surface area contributed by atoms with Gasteiger partial charge in [-0.05, 0) is 70.4 Å². The van der Waals surface area contributed by atoms with E-state index in [9.17, 15) is 15.3 Å². The van der Waals surface area contributed by atoms with Crippen LogP contribution in [0, 0.1) is 43.4 Å². The predicted molar refractivity (Wildman–Crippen MR) is 149 cm³/mol. The summed E-state index contributed by atoms with van der Waals surface area (Å²) in [6.07, 6.45) is -0.390. The summed E-state index contributed by atoms with van der Waals surface area (Å²) in [6, 6.07) is 11.4. The quantitative estimate of drug-likeness (QED) is 0.367. The summed E-state index contributed by atoms with van der Waals surface area (Å²) in [6.45, 7) is 11.1. The van der Waals surface area contributed by atoms with Crippen molar-refractivity contribution < 1.29 is 24.1 Å². The number of pyridine rings is 1. The zero-order valence-electron chi connectivity index (χ0n) is 23.3. The van der Waals surface area contributed by atoms with E-state index in [2.05, 4.69) is 17.1 Å². The lowest BCUT2D eigenvalue weighted by Crippen LogP contribution is -2.28. The van der Waals surface area contributed by atoms with E-state index in [0.717, 1.165) is 16.8 Å². The molecule has 1 aromatic heterocycles. The number of nitrogens with two attached hydrogens (primary N) is 1. The number of aliphatic hydroxyl groups is 1. The summed E-state index contributed by atoms with van der Waals surface area (Å²) in [7, 11) is 1.56. The molecular formula is C29H34N4O5S. The van der Waals surface area contributed by atoms with Crippen molar-refractivity contribution in [2.24, 2.45) is 5.73 Å². The van der Waals surface area contributed by atoms with Gasteiger partial charge in [-0.2, -0.15) is 10.5 Å². The predicted octanol–water partition coefficient (Wildman–Crippen LogP) is 4.69. The van der Waals surface area contributed by atoms with Gasteiger partial charge in [0.1, 0.15) is 34.2 Å². The van der Waals surface area contributed by atoms with Crippen LogP contribution in [0.2, 0.25) is 0 Å². The van der Waals surface area contributed by atoms with Crippen LogP contribution in [0.4, 0.5) is 0 Å². The summed E-state index contributed by atoms with van der Waals surface area (Å²) >= 11 is 1.26. The largest absolute Gasteiger partial charge is 0.497 e. The van der Waals surface area contributed by atoms with Crippen LogP contribution < -0.4 is 10.5 Å². The number of aromatic nitrogens is 1. The third kappa shape index (κ3) is 7.32. The number of carbonyl (C=O) groups is 1. The number of hydrogen-bond donors (Lipinski definition) is 2. The molecule has 1 atom stereocenters. The number of rotatable bonds is 7. The molecule has 3 rings (SSSR count). The fourth-order valence-electron chi connectivity index (χ4n) is 3.84. The second-order valence-electron chi connectivity index (χ2n) is 8.83. The molecule has 1 aliphatic heterocycles. The van der Waals surface area contributed by atoms with Crippen LogP contribution >= 0.6 is 11.8 Å². The maximum absolute atomic E-state index is 13.3. The lowest BCUT2D eigenvalue weighted by Gasteiger charge is -2.28. The van der Waals surface area contributed by atoms with Gasteiger partial charge in [0.15, 0.2) is 0 Å². The Morgan fingerprint density at radius 2 is 1.79 bits per heavy atom. The zero-order chi connectivity index (χ0) is 29.3. The average Bonchev–Trinajstić information content (AvgIpc) is 2.90. The maximum atomic E-state index is 13.3. The van der Waals surface area contributed by atoms with Crippen molar-refractivity contribution in [2.45, 2.75) is 58.6 Å². The molecule has 9 nitrogen and oxygen atoms in total. The minimum atomic E-state index is -0.790. The van der Waals surface area contributed by atoms with Gasteiger partial charge in [-0.3, -0.25) is 0 Å². The van der Waals surface area contributed by atoms with Crippen molar-refractivity contribution in [3.05, 3.63) is 75.0 Å². The Labute approximate surface area is 233 Å². The summed E-state index contributed by atoms with van der Waals surface area (Å²) in [5.74, 6) is -0.442. The summed E-state index contributed by atoms with van der Waals surface area (Å²) in [5.41, 5.74) is 10.2. The molecule has 206 valence electrons. The van der Waals surface area contributed by atoms with E-state index in [4.69, 9.17) is 25.1 Å². The number of benzene rings is 1. The van der Waals surface area contributed by atoms with Crippen LogP contribution in [-0.2, 0) is 14.3 Å². The first kappa shape index (κ1) is 31.2. The number of ether oxygens (including phenoxy) is 3. The highest BCUT2D eigenvalue weighted by Gasteiger charge is 2.38. The molecule has 0 bridgehead atoms. The van der Waals surface area contributed by atoms with E-state index in [0.29, 0.717) is 21.9 Å². The minimum absolute atomic E-state index is 0.0836. The van der Waals surface area contributed by atoms with Gasteiger partial charge in [0.2, 0.25) is 5.88 Å². The number of aliphatic hydroxyl groups excluding tert-OH is 1. The van der Waals surface area contributed by atoms with Gasteiger partial charge >= 0.3 is 5.97 Å². The fourth-order valence-corrected chi connectivity index (χ4v) is 4.86. The number of hydrogen-bond acceptors (Lipinski definition) is 10. The monoisotopic (exact) mass is 550 g/mol. The van der Waals surface area contributed by atoms with Crippen molar-refractivity contribution >= 4 is 17.7 Å². The number of thioether (sulfide) groups is 1. The smallest absolute Gasteiger partial charge is 0.338 e. The third-order valence-electron chi connectivity index (χ3n) is 5.92. The van der Waals surface area contributed by atoms with Crippen molar-refractivity contribution in [3.63, 3.8) is 0 Å². The van der Waals surface area contributed by atoms with Crippen LogP contribution in [0.3, 0.4) is 0 Å². The molecular weight excluding hydrogens is 516 g/mol. The molecule has 10 heteroatoms. The van der Waals surface area contributed by atoms with Crippen LogP contribution in [-0.4, -0.2) is 41.6 Å². The highest BCUT2D eigenvalue weighted by Crippen LogP contribution is 2.42. The van der Waals surface area contributed by atoms with Crippen LogP contribution in [0.15, 0.2) is 52.1 Å². The first-order valence-corrected chi connectivity index (χ1v) is 13.3. The second-order valence-corrected chi connectivity index (χ2v) is 9.80. The van der Waals surface area contributed by atoms with Crippen LogP contribution in [0.1, 0.15) is 54.6 Å². The molecule has 0 radical (unpaired) electrons. The molecule has 2 heterocycles. The summed E-state index contributed by atoms with van der Waals surface area (Å²) < 4.78 is 16.6. The fraction of sp³-hybridized carbons (Fsp3) is 0.379. The first-order chi connectivity index (χ1) is 18.5. The Morgan fingerprint density at radius 3 is 2.31 bits per heavy atom. The second kappa shape index (κ2) is 14.2. The SMILES string of the molecule is CCO.COc1ccc(C2C(C#N)=C(N)OC(CSc3nc(C)c(C)c(C)c3C#N)=C2C(=O)OC(C)C)cc1. The standard InChI is InChI=1S/C27H28N4O4S.C2H6O/c1-14(2)34-27(32)24-22(13-36-26-20(11-28)16(4)15(3)17(5)31-26)35-25(30)21(12-29)23(24)18-7-9-19(33-6)10-8-18;1-2-3/h7-10,14,23H,13,30H2,1-6H3;3H,2H2,1H3. The Morgan fingerprint density at radius 1 is 1.18 bits per heavy atom. The van der Waals surface area contributed by atoms with Crippen molar-refractivity contribution in [2.75, 3.05) is 19.5 Å². The molecule has 3 N–H and O–H groups in total. The topological polar surface area (TPSA) is 151 Å². The number of carbonyl (C=O) groups excluding carboxylic acids is 1. The molecule has 0 fully saturated rings. The number of nitriles is 2. The van der Waals surface area contributed by atoms with Gasteiger partial charge in [0, 0.05) is 12.3 Å². The number of esters is 1. The Kier molecular flexibility index (Phi) is 11.4. The molecule has 39 heavy (non-hydrogen) atoms. The van der Waals surface area contributed by atoms with E-state index >= 15 is 0 Å². The molecule has 2 aromatic rings. The zero-order valence-corrected chi connectivity index (χ0v) is 24.1. The number of nitrogens with zero attached hydrogens (tertiary/aromatic N) is 3. The van der Waals surface area contributed by atoms with Gasteiger partial charge in [0.25, 0.3) is 0 Å². The van der Waals surface area contributed by atoms with E-state index in [1.54, 1.807) is 52.1 Å². The van der Waals surface area contributed by atoms with Crippen LogP contribution in [0.5, 0.6) is 5.75 Å². The number of methoxy groups -OCH3 is 1. The van der Waals surface area contributed by atoms with E-state index in [-0.39, 0.29) is 35.1 Å². The van der Waals surface area contributed by atoms with Gasteiger partial charge in [-0.15, -0.1) is 0 Å². The molecule has 0 saturated heterocycles. The number of allylic oxidation sites excluding steroid dienone is 1. The molecule has 0 aliphatic carbocycles. The lowest BCUT2D eigenvalue weighted by atomic mass is 9.83. The maximum Gasteiger partial charge on any atom is 0.338 e. The molecule has 1 aliphatic rings. The lowest BCUT2D eigenvalue weighted by molar-refractivity contribution is -0.143. The van der Waals surface area contributed by atoms with Crippen molar-refractivity contribution in [1.82, 2.24) is 4.98 Å². The van der Waals surface area contributed by atoms with Crippen molar-refractivity contribution in [3.8, 4) is 17.9 Å². The molecule has 1 aromatic carbocycles. The summed E-state index contributed by atoms with van der Waals surface area (Å²) in [4.78, 5) is 17.9. The van der Waals surface area contributed by atoms with E-state index in [1.165, 1.54) is 11.8 Å². The normalized spacial score (nSPS) is 14.6.